The number of aliphatic imine (C=N–C) groups is 1. The highest BCUT2D eigenvalue weighted by Crippen LogP contribution is 2.33. The van der Waals surface area contributed by atoms with E-state index < -0.39 is 11.9 Å². The number of hydrogen-bond donors (Lipinski definition) is 2. The second-order valence-electron chi connectivity index (χ2n) is 9.11. The number of nitrogen functional groups attached to an aromatic ring is 1. The molecule has 0 aliphatic carbocycles. The third-order valence-electron chi connectivity index (χ3n) is 6.47. The van der Waals surface area contributed by atoms with E-state index in [2.05, 4.69) is 37.0 Å². The number of ether oxygens (including phenoxy) is 1. The summed E-state index contributed by atoms with van der Waals surface area (Å²) in [5, 5.41) is 4.41. The normalized spacial score (nSPS) is 12.0. The molecule has 0 bridgehead atoms. The first kappa shape index (κ1) is 27.1. The van der Waals surface area contributed by atoms with Gasteiger partial charge in [0.2, 0.25) is 5.95 Å². The third-order valence-corrected chi connectivity index (χ3v) is 6.47. The summed E-state index contributed by atoms with van der Waals surface area (Å²) in [5.74, 6) is -0.0845. The first-order chi connectivity index (χ1) is 19.8. The van der Waals surface area contributed by atoms with E-state index in [4.69, 9.17) is 10.5 Å². The maximum absolute atomic E-state index is 14.4. The summed E-state index contributed by atoms with van der Waals surface area (Å²) in [4.78, 5) is 35.4. The molecule has 206 valence electrons. The lowest BCUT2D eigenvalue weighted by Gasteiger charge is -2.23. The van der Waals surface area contributed by atoms with Crippen molar-refractivity contribution >= 4 is 41.0 Å². The fourth-order valence-electron chi connectivity index (χ4n) is 4.68. The van der Waals surface area contributed by atoms with Gasteiger partial charge in [0.15, 0.2) is 5.82 Å². The fourth-order valence-corrected chi connectivity index (χ4v) is 4.68. The topological polar surface area (TPSA) is 133 Å². The minimum absolute atomic E-state index is 0.0487. The van der Waals surface area contributed by atoms with E-state index in [0.29, 0.717) is 50.5 Å². The number of aromatic nitrogens is 5. The number of nitrogens with zero attached hydrogens (tertiary/aromatic N) is 6. The molecule has 0 aliphatic heterocycles. The Labute approximate surface area is 235 Å². The number of halogens is 1. The van der Waals surface area contributed by atoms with Gasteiger partial charge in [0.1, 0.15) is 11.5 Å². The summed E-state index contributed by atoms with van der Waals surface area (Å²) in [6.07, 6.45) is 6.74. The summed E-state index contributed by atoms with van der Waals surface area (Å²) in [7, 11) is 1.48. The van der Waals surface area contributed by atoms with Gasteiger partial charge in [-0.2, -0.15) is 4.98 Å². The number of hydrogen-bond acceptors (Lipinski definition) is 9. The Morgan fingerprint density at radius 1 is 1.15 bits per heavy atom. The van der Waals surface area contributed by atoms with Crippen molar-refractivity contribution in [3.05, 3.63) is 94.6 Å². The van der Waals surface area contributed by atoms with Crippen LogP contribution in [0.1, 0.15) is 31.3 Å². The van der Waals surface area contributed by atoms with E-state index in [1.165, 1.54) is 23.8 Å². The molecule has 3 aromatic heterocycles. The zero-order valence-electron chi connectivity index (χ0n) is 22.7. The maximum atomic E-state index is 14.4. The molecule has 1 atom stereocenters. The van der Waals surface area contributed by atoms with Crippen LogP contribution in [-0.2, 0) is 0 Å². The molecule has 0 aliphatic rings. The van der Waals surface area contributed by atoms with Gasteiger partial charge in [-0.15, -0.1) is 0 Å². The molecule has 0 radical (unpaired) electrons. The second-order valence-corrected chi connectivity index (χ2v) is 9.11. The highest BCUT2D eigenvalue weighted by Gasteiger charge is 2.21. The van der Waals surface area contributed by atoms with Gasteiger partial charge in [0.05, 0.1) is 29.9 Å². The molecule has 10 nitrogen and oxygen atoms in total. The van der Waals surface area contributed by atoms with Crippen LogP contribution < -0.4 is 21.3 Å². The molecule has 0 saturated carbocycles. The van der Waals surface area contributed by atoms with E-state index in [0.717, 1.165) is 0 Å². The minimum atomic E-state index is -0.517. The monoisotopic (exact) mass is 550 g/mol. The van der Waals surface area contributed by atoms with Crippen LogP contribution in [0.3, 0.4) is 0 Å². The van der Waals surface area contributed by atoms with Crippen LogP contribution in [0.25, 0.3) is 33.7 Å². The highest BCUT2D eigenvalue weighted by atomic mass is 19.1. The number of anilines is 2. The maximum Gasteiger partial charge on any atom is 0.316 e. The zero-order chi connectivity index (χ0) is 29.1. The van der Waals surface area contributed by atoms with Crippen LogP contribution in [0.5, 0.6) is 6.01 Å². The van der Waals surface area contributed by atoms with Crippen molar-refractivity contribution in [2.24, 2.45) is 4.99 Å². The molecule has 0 saturated heterocycles. The van der Waals surface area contributed by atoms with Crippen LogP contribution in [0.4, 0.5) is 21.8 Å². The molecule has 5 aromatic rings. The molecule has 0 amide bonds. The summed E-state index contributed by atoms with van der Waals surface area (Å²) >= 11 is 0. The Balaban J connectivity index is 1.74. The number of fused-ring (bicyclic) bond motifs is 1. The van der Waals surface area contributed by atoms with Crippen LogP contribution in [0.2, 0.25) is 0 Å². The summed E-state index contributed by atoms with van der Waals surface area (Å²) in [6, 6.07) is 13.0. The molecule has 5 rings (SSSR count). The molecule has 3 heterocycles. The van der Waals surface area contributed by atoms with E-state index in [1.54, 1.807) is 36.7 Å². The Morgan fingerprint density at radius 3 is 2.59 bits per heavy atom. The van der Waals surface area contributed by atoms with E-state index in [1.807, 2.05) is 38.1 Å². The number of nitrogens with two attached hydrogens (primary N) is 1. The van der Waals surface area contributed by atoms with E-state index >= 15 is 0 Å². The van der Waals surface area contributed by atoms with Crippen LogP contribution in [0, 0.1) is 5.82 Å². The average Bonchev–Trinajstić information content (AvgIpc) is 2.97. The number of benzene rings is 2. The summed E-state index contributed by atoms with van der Waals surface area (Å²) in [5.41, 5.74) is 8.72. The summed E-state index contributed by atoms with van der Waals surface area (Å²) in [6.45, 7) is 7.37. The number of allylic oxidation sites excluding steroid dienone is 1. The first-order valence-corrected chi connectivity index (χ1v) is 12.7. The number of nitrogens with one attached hydrogen (secondary N) is 1. The molecule has 11 heteroatoms. The lowest BCUT2D eigenvalue weighted by molar-refractivity contribution is 0.380. The molecule has 2 aromatic carbocycles. The number of methoxy groups -OCH3 is 1. The van der Waals surface area contributed by atoms with Gasteiger partial charge in [-0.1, -0.05) is 30.3 Å². The SMILES string of the molecule is C=Nc1c(/C=C\C)nc(N)nc1N[C@@H](C)c1cc2cccc(-c3cnc(OC)nc3)c2c(=O)n1-c1cccc(F)c1. The second kappa shape index (κ2) is 11.3. The van der Waals surface area contributed by atoms with Crippen molar-refractivity contribution in [2.45, 2.75) is 19.9 Å². The quantitative estimate of drug-likeness (QED) is 0.242. The Morgan fingerprint density at radius 2 is 1.90 bits per heavy atom. The van der Waals surface area contributed by atoms with Crippen LogP contribution in [0.15, 0.2) is 76.8 Å². The molecule has 0 fully saturated rings. The Bertz CT molecular complexity index is 1850. The lowest BCUT2D eigenvalue weighted by atomic mass is 9.99. The molecule has 3 N–H and O–H groups in total. The van der Waals surface area contributed by atoms with Crippen molar-refractivity contribution in [1.29, 1.82) is 0 Å². The number of rotatable bonds is 8. The van der Waals surface area contributed by atoms with Crippen LogP contribution in [-0.4, -0.2) is 38.3 Å². The van der Waals surface area contributed by atoms with Gasteiger partial charge in [-0.3, -0.25) is 14.4 Å². The molecular formula is C30H27FN8O2. The van der Waals surface area contributed by atoms with E-state index in [-0.39, 0.29) is 17.5 Å². The van der Waals surface area contributed by atoms with Crippen molar-refractivity contribution in [2.75, 3.05) is 18.2 Å². The smallest absolute Gasteiger partial charge is 0.316 e. The van der Waals surface area contributed by atoms with Gasteiger partial charge in [-0.05, 0) is 61.9 Å². The van der Waals surface area contributed by atoms with Crippen LogP contribution >= 0.6 is 0 Å². The third kappa shape index (κ3) is 5.24. The van der Waals surface area contributed by atoms with Gasteiger partial charge in [-0.25, -0.2) is 19.3 Å². The minimum Gasteiger partial charge on any atom is -0.467 e. The van der Waals surface area contributed by atoms with Crippen molar-refractivity contribution < 1.29 is 9.13 Å². The Hall–Kier alpha value is -5.45. The predicted molar refractivity (Wildman–Crippen MR) is 159 cm³/mol. The standard InChI is InChI=1S/C30H27FN8O2/c1-5-8-23-26(33-3)27(38-29(32)37-23)36-17(2)24-13-18-9-6-12-22(19-15-34-30(41-4)35-16-19)25(18)28(40)39(24)21-11-7-10-20(31)14-21/h5-17H,3H2,1-2,4H3,(H3,32,36,37,38)/b8-5-/t17-/m0/s1. The predicted octanol–water partition coefficient (Wildman–Crippen LogP) is 5.51. The van der Waals surface area contributed by atoms with Crippen molar-refractivity contribution in [1.82, 2.24) is 24.5 Å². The van der Waals surface area contributed by atoms with Gasteiger partial charge in [0, 0.05) is 23.7 Å². The van der Waals surface area contributed by atoms with Gasteiger partial charge in [0.25, 0.3) is 5.56 Å². The first-order valence-electron chi connectivity index (χ1n) is 12.7. The molecule has 0 unspecified atom stereocenters. The molecule has 0 spiro atoms. The largest absolute Gasteiger partial charge is 0.467 e. The Kier molecular flexibility index (Phi) is 7.51. The molecule has 41 heavy (non-hydrogen) atoms. The van der Waals surface area contributed by atoms with Gasteiger partial charge < -0.3 is 15.8 Å². The number of pyridine rings is 1. The fraction of sp³-hybridized carbons (Fsp3) is 0.133. The lowest BCUT2D eigenvalue weighted by Crippen LogP contribution is -2.26. The van der Waals surface area contributed by atoms with Gasteiger partial charge >= 0.3 is 6.01 Å². The average molecular weight is 551 g/mol. The van der Waals surface area contributed by atoms with E-state index in [9.17, 15) is 9.18 Å². The molecular weight excluding hydrogens is 523 g/mol. The summed E-state index contributed by atoms with van der Waals surface area (Å²) < 4.78 is 21.0. The van der Waals surface area contributed by atoms with Crippen molar-refractivity contribution in [3.8, 4) is 22.8 Å². The van der Waals surface area contributed by atoms with Crippen molar-refractivity contribution in [3.63, 3.8) is 0 Å². The highest BCUT2D eigenvalue weighted by molar-refractivity contribution is 5.96. The zero-order valence-corrected chi connectivity index (χ0v) is 22.7.